The number of nitrogens with zero attached hydrogens (tertiary/aromatic N) is 2. The second-order valence-electron chi connectivity index (χ2n) is 5.59. The van der Waals surface area contributed by atoms with E-state index in [-0.39, 0.29) is 5.92 Å². The maximum atomic E-state index is 11.9. The molecule has 1 heterocycles. The lowest BCUT2D eigenvalue weighted by molar-refractivity contribution is -0.124. The molecule has 1 aromatic heterocycles. The predicted octanol–water partition coefficient (Wildman–Crippen LogP) is 4.11. The Labute approximate surface area is 132 Å². The smallest absolute Gasteiger partial charge is 0.227 e. The fourth-order valence-electron chi connectivity index (χ4n) is 2.67. The van der Waals surface area contributed by atoms with Crippen LogP contribution < -0.4 is 0 Å². The molecule has 0 spiro atoms. The van der Waals surface area contributed by atoms with E-state index in [2.05, 4.69) is 26.1 Å². The first-order valence-corrected chi connectivity index (χ1v) is 8.04. The number of hydrogen-bond acceptors (Lipinski definition) is 4. The number of ketones is 1. The van der Waals surface area contributed by atoms with Crippen molar-refractivity contribution in [1.29, 1.82) is 0 Å². The predicted molar refractivity (Wildman–Crippen MR) is 82.8 cm³/mol. The summed E-state index contributed by atoms with van der Waals surface area (Å²) >= 11 is 3.51. The minimum Gasteiger partial charge on any atom is -0.339 e. The van der Waals surface area contributed by atoms with Crippen LogP contribution in [0.4, 0.5) is 0 Å². The molecular formula is C16H17BrN2O2. The zero-order valence-corrected chi connectivity index (χ0v) is 13.5. The van der Waals surface area contributed by atoms with Gasteiger partial charge < -0.3 is 4.52 Å². The van der Waals surface area contributed by atoms with E-state index in [0.29, 0.717) is 30.3 Å². The van der Waals surface area contributed by atoms with Crippen LogP contribution in [-0.2, 0) is 11.2 Å². The van der Waals surface area contributed by atoms with Crippen LogP contribution in [0.5, 0.6) is 0 Å². The summed E-state index contributed by atoms with van der Waals surface area (Å²) in [5.74, 6) is 1.52. The topological polar surface area (TPSA) is 56.0 Å². The van der Waals surface area contributed by atoms with Crippen LogP contribution in [0.2, 0.25) is 0 Å². The van der Waals surface area contributed by atoms with Gasteiger partial charge in [-0.2, -0.15) is 4.98 Å². The maximum absolute atomic E-state index is 11.9. The van der Waals surface area contributed by atoms with Crippen molar-refractivity contribution in [1.82, 2.24) is 10.1 Å². The van der Waals surface area contributed by atoms with Gasteiger partial charge in [-0.15, -0.1) is 0 Å². The van der Waals surface area contributed by atoms with Gasteiger partial charge in [-0.3, -0.25) is 4.79 Å². The molecule has 1 aromatic carbocycles. The number of aryl methyl sites for hydroxylation is 1. The lowest BCUT2D eigenvalue weighted by Gasteiger charge is -2.18. The SMILES string of the molecule is Cc1ccc(-c2noc(CC3CCCCC3=O)n2)cc1Br. The molecule has 0 N–H and O–H groups in total. The molecule has 0 radical (unpaired) electrons. The number of halogens is 1. The Kier molecular flexibility index (Phi) is 4.19. The highest BCUT2D eigenvalue weighted by molar-refractivity contribution is 9.10. The van der Waals surface area contributed by atoms with Crippen molar-refractivity contribution in [2.45, 2.75) is 39.0 Å². The van der Waals surface area contributed by atoms with Gasteiger partial charge >= 0.3 is 0 Å². The van der Waals surface area contributed by atoms with E-state index in [0.717, 1.165) is 34.9 Å². The van der Waals surface area contributed by atoms with E-state index in [9.17, 15) is 4.79 Å². The second-order valence-corrected chi connectivity index (χ2v) is 6.44. The Hall–Kier alpha value is -1.49. The standard InChI is InChI=1S/C16H17BrN2O2/c1-10-6-7-12(8-13(10)17)16-18-15(21-19-16)9-11-4-2-3-5-14(11)20/h6-8,11H,2-5,9H2,1H3. The number of rotatable bonds is 3. The summed E-state index contributed by atoms with van der Waals surface area (Å²) in [6.45, 7) is 2.03. The maximum Gasteiger partial charge on any atom is 0.227 e. The zero-order chi connectivity index (χ0) is 14.8. The third-order valence-corrected chi connectivity index (χ3v) is 4.85. The van der Waals surface area contributed by atoms with E-state index in [4.69, 9.17) is 4.52 Å². The molecule has 1 unspecified atom stereocenters. The molecule has 1 aliphatic carbocycles. The molecule has 3 rings (SSSR count). The number of benzene rings is 1. The third kappa shape index (κ3) is 3.23. The number of aromatic nitrogens is 2. The molecule has 0 bridgehead atoms. The summed E-state index contributed by atoms with van der Waals surface area (Å²) in [7, 11) is 0. The highest BCUT2D eigenvalue weighted by Crippen LogP contribution is 2.26. The van der Waals surface area contributed by atoms with Crippen molar-refractivity contribution in [2.24, 2.45) is 5.92 Å². The minimum absolute atomic E-state index is 0.0526. The van der Waals surface area contributed by atoms with Crippen molar-refractivity contribution in [3.63, 3.8) is 0 Å². The Morgan fingerprint density at radius 3 is 3.00 bits per heavy atom. The van der Waals surface area contributed by atoms with Gasteiger partial charge in [-0.25, -0.2) is 0 Å². The van der Waals surface area contributed by atoms with Gasteiger partial charge in [-0.1, -0.05) is 39.6 Å². The van der Waals surface area contributed by atoms with Crippen LogP contribution in [0.1, 0.15) is 37.1 Å². The van der Waals surface area contributed by atoms with Crippen LogP contribution in [0.15, 0.2) is 27.2 Å². The first-order valence-electron chi connectivity index (χ1n) is 7.25. The molecule has 2 aromatic rings. The molecule has 21 heavy (non-hydrogen) atoms. The number of Topliss-reactive ketones (excluding diaryl/α,β-unsaturated/α-hetero) is 1. The normalized spacial score (nSPS) is 19.0. The van der Waals surface area contributed by atoms with Crippen molar-refractivity contribution in [2.75, 3.05) is 0 Å². The number of carbonyl (C=O) groups excluding carboxylic acids is 1. The molecule has 4 nitrogen and oxygen atoms in total. The summed E-state index contributed by atoms with van der Waals surface area (Å²) in [4.78, 5) is 16.3. The van der Waals surface area contributed by atoms with Gasteiger partial charge in [0.2, 0.25) is 11.7 Å². The first kappa shape index (κ1) is 14.4. The van der Waals surface area contributed by atoms with Crippen LogP contribution in [0, 0.1) is 12.8 Å². The van der Waals surface area contributed by atoms with Crippen LogP contribution in [0.3, 0.4) is 0 Å². The lowest BCUT2D eigenvalue weighted by atomic mass is 9.86. The van der Waals surface area contributed by atoms with E-state index in [1.165, 1.54) is 0 Å². The summed E-state index contributed by atoms with van der Waals surface area (Å²) in [6.07, 6.45) is 4.33. The van der Waals surface area contributed by atoms with Crippen LogP contribution >= 0.6 is 15.9 Å². The summed E-state index contributed by atoms with van der Waals surface area (Å²) in [5, 5.41) is 4.03. The minimum atomic E-state index is 0.0526. The summed E-state index contributed by atoms with van der Waals surface area (Å²) in [6, 6.07) is 5.97. The fourth-order valence-corrected chi connectivity index (χ4v) is 3.05. The van der Waals surface area contributed by atoms with Crippen molar-refractivity contribution in [3.05, 3.63) is 34.1 Å². The van der Waals surface area contributed by atoms with Crippen molar-refractivity contribution >= 4 is 21.7 Å². The van der Waals surface area contributed by atoms with Crippen LogP contribution in [0.25, 0.3) is 11.4 Å². The van der Waals surface area contributed by atoms with E-state index in [1.54, 1.807) is 0 Å². The van der Waals surface area contributed by atoms with Gasteiger partial charge in [0.05, 0.1) is 0 Å². The Balaban J connectivity index is 1.76. The molecule has 110 valence electrons. The summed E-state index contributed by atoms with van der Waals surface area (Å²) < 4.78 is 6.33. The average molecular weight is 349 g/mol. The zero-order valence-electron chi connectivity index (χ0n) is 11.9. The quantitative estimate of drug-likeness (QED) is 0.837. The lowest BCUT2D eigenvalue weighted by Crippen LogP contribution is -2.21. The van der Waals surface area contributed by atoms with Gasteiger partial charge in [0.1, 0.15) is 5.78 Å². The second kappa shape index (κ2) is 6.10. The Morgan fingerprint density at radius 2 is 2.24 bits per heavy atom. The largest absolute Gasteiger partial charge is 0.339 e. The highest BCUT2D eigenvalue weighted by Gasteiger charge is 2.24. The van der Waals surface area contributed by atoms with Crippen molar-refractivity contribution in [3.8, 4) is 11.4 Å². The van der Waals surface area contributed by atoms with Crippen molar-refractivity contribution < 1.29 is 9.32 Å². The Bertz CT molecular complexity index is 666. The average Bonchev–Trinajstić information content (AvgIpc) is 2.93. The summed E-state index contributed by atoms with van der Waals surface area (Å²) in [5.41, 5.74) is 2.08. The number of hydrogen-bond donors (Lipinski definition) is 0. The monoisotopic (exact) mass is 348 g/mol. The fraction of sp³-hybridized carbons (Fsp3) is 0.438. The van der Waals surface area contributed by atoms with Gasteiger partial charge in [-0.05, 0) is 31.4 Å². The van der Waals surface area contributed by atoms with Gasteiger partial charge in [0, 0.05) is 28.8 Å². The third-order valence-electron chi connectivity index (χ3n) is 4.00. The molecule has 5 heteroatoms. The molecule has 1 atom stereocenters. The molecule has 1 fully saturated rings. The molecule has 1 aliphatic rings. The molecular weight excluding hydrogens is 332 g/mol. The first-order chi connectivity index (χ1) is 10.1. The van der Waals surface area contributed by atoms with Crippen LogP contribution in [-0.4, -0.2) is 15.9 Å². The molecule has 0 amide bonds. The van der Waals surface area contributed by atoms with E-state index in [1.807, 2.05) is 25.1 Å². The number of carbonyl (C=O) groups is 1. The Morgan fingerprint density at radius 1 is 1.38 bits per heavy atom. The van der Waals surface area contributed by atoms with E-state index >= 15 is 0 Å². The van der Waals surface area contributed by atoms with Gasteiger partial charge in [0.15, 0.2) is 0 Å². The molecule has 0 saturated heterocycles. The molecule has 0 aliphatic heterocycles. The van der Waals surface area contributed by atoms with E-state index < -0.39 is 0 Å². The van der Waals surface area contributed by atoms with Gasteiger partial charge in [0.25, 0.3) is 0 Å². The molecule has 1 saturated carbocycles. The highest BCUT2D eigenvalue weighted by atomic mass is 79.9.